The normalized spacial score (nSPS) is 11.6. The second-order valence-corrected chi connectivity index (χ2v) is 4.86. The zero-order chi connectivity index (χ0) is 12.3. The first kappa shape index (κ1) is 12.6. The van der Waals surface area contributed by atoms with Gasteiger partial charge in [-0.3, -0.25) is 0 Å². The van der Waals surface area contributed by atoms with Crippen molar-refractivity contribution in [1.82, 2.24) is 0 Å². The molecule has 0 radical (unpaired) electrons. The van der Waals surface area contributed by atoms with Crippen LogP contribution in [0.25, 0.3) is 5.57 Å². The van der Waals surface area contributed by atoms with Gasteiger partial charge in [0, 0.05) is 20.2 Å². The monoisotopic (exact) mass is 358 g/mol. The molecule has 0 aliphatic heterocycles. The van der Waals surface area contributed by atoms with E-state index in [2.05, 4.69) is 22.6 Å². The molecule has 2 aromatic carbocycles. The van der Waals surface area contributed by atoms with Crippen molar-refractivity contribution >= 4 is 39.8 Å². The highest BCUT2D eigenvalue weighted by atomic mass is 127. The summed E-state index contributed by atoms with van der Waals surface area (Å²) in [6.07, 6.45) is 0. The second kappa shape index (κ2) is 5.65. The van der Waals surface area contributed by atoms with Crippen LogP contribution in [0.5, 0.6) is 0 Å². The Labute approximate surface area is 118 Å². The van der Waals surface area contributed by atoms with Gasteiger partial charge < -0.3 is 0 Å². The van der Waals surface area contributed by atoms with E-state index >= 15 is 0 Å². The smallest absolute Gasteiger partial charge is 0.131 e. The van der Waals surface area contributed by atoms with Gasteiger partial charge in [-0.1, -0.05) is 48.0 Å². The molecule has 0 amide bonds. The van der Waals surface area contributed by atoms with Crippen molar-refractivity contribution in [3.63, 3.8) is 0 Å². The summed E-state index contributed by atoms with van der Waals surface area (Å²) in [6, 6.07) is 14.4. The number of hydrogen-bond acceptors (Lipinski definition) is 0. The lowest BCUT2D eigenvalue weighted by molar-refractivity contribution is 0.624. The summed E-state index contributed by atoms with van der Waals surface area (Å²) in [5.74, 6) is -0.265. The molecular weight excluding hydrogens is 350 g/mol. The summed E-state index contributed by atoms with van der Waals surface area (Å²) in [5.41, 5.74) is 3.59. The van der Waals surface area contributed by atoms with Crippen LogP contribution in [0.1, 0.15) is 11.1 Å². The fourth-order valence-corrected chi connectivity index (χ4v) is 2.53. The Morgan fingerprint density at radius 3 is 2.18 bits per heavy atom. The molecule has 0 fully saturated rings. The van der Waals surface area contributed by atoms with Crippen molar-refractivity contribution < 1.29 is 4.39 Å². The average Bonchev–Trinajstić information content (AvgIpc) is 2.34. The Morgan fingerprint density at radius 2 is 1.59 bits per heavy atom. The van der Waals surface area contributed by atoms with Crippen LogP contribution in [0, 0.1) is 9.39 Å². The summed E-state index contributed by atoms with van der Waals surface area (Å²) in [5, 5.41) is 0. The molecule has 0 spiro atoms. The number of benzene rings is 2. The van der Waals surface area contributed by atoms with E-state index in [4.69, 9.17) is 11.6 Å². The van der Waals surface area contributed by atoms with Gasteiger partial charge in [0.1, 0.15) is 5.82 Å². The highest BCUT2D eigenvalue weighted by Gasteiger charge is 2.11. The maximum Gasteiger partial charge on any atom is 0.131 e. The minimum Gasteiger partial charge on any atom is -0.206 e. The first-order chi connectivity index (χ1) is 8.24. The van der Waals surface area contributed by atoms with E-state index in [0.717, 1.165) is 9.13 Å². The highest BCUT2D eigenvalue weighted by Crippen LogP contribution is 2.29. The zero-order valence-electron chi connectivity index (χ0n) is 8.83. The topological polar surface area (TPSA) is 0 Å². The molecule has 0 unspecified atom stereocenters. The highest BCUT2D eigenvalue weighted by molar-refractivity contribution is 14.1. The maximum absolute atomic E-state index is 13.7. The third-order valence-corrected chi connectivity index (χ3v) is 3.60. The minimum atomic E-state index is -0.265. The molecule has 0 N–H and O–H groups in total. The maximum atomic E-state index is 13.7. The lowest BCUT2D eigenvalue weighted by Crippen LogP contribution is -1.93. The van der Waals surface area contributed by atoms with E-state index in [1.54, 1.807) is 18.2 Å². The molecule has 0 saturated carbocycles. The van der Waals surface area contributed by atoms with Gasteiger partial charge in [-0.25, -0.2) is 4.39 Å². The fraction of sp³-hybridized carbons (Fsp3) is 0. The molecule has 0 heterocycles. The van der Waals surface area contributed by atoms with E-state index < -0.39 is 0 Å². The Hall–Kier alpha value is -0.870. The van der Waals surface area contributed by atoms with Crippen LogP contribution in [0.3, 0.4) is 0 Å². The molecule has 0 aliphatic rings. The predicted octanol–water partition coefficient (Wildman–Crippen LogP) is 5.06. The molecule has 0 bridgehead atoms. The van der Waals surface area contributed by atoms with Crippen LogP contribution in [-0.2, 0) is 0 Å². The van der Waals surface area contributed by atoms with Crippen LogP contribution in [0.2, 0.25) is 0 Å². The summed E-state index contributed by atoms with van der Waals surface area (Å²) in [4.78, 5) is 0. The Balaban J connectivity index is 2.57. The van der Waals surface area contributed by atoms with Crippen LogP contribution >= 0.6 is 34.2 Å². The molecule has 2 rings (SSSR count). The van der Waals surface area contributed by atoms with E-state index in [1.165, 1.54) is 11.6 Å². The van der Waals surface area contributed by atoms with E-state index in [0.29, 0.717) is 11.1 Å². The molecule has 0 aromatic heterocycles. The SMILES string of the molecule is Fc1ccccc1C(=CCl)c1ccccc1I. The van der Waals surface area contributed by atoms with Crippen molar-refractivity contribution in [3.8, 4) is 0 Å². The second-order valence-electron chi connectivity index (χ2n) is 3.48. The minimum absolute atomic E-state index is 0.265. The van der Waals surface area contributed by atoms with Crippen LogP contribution in [0.15, 0.2) is 54.1 Å². The van der Waals surface area contributed by atoms with Gasteiger partial charge in [0.2, 0.25) is 0 Å². The van der Waals surface area contributed by atoms with E-state index in [9.17, 15) is 4.39 Å². The summed E-state index contributed by atoms with van der Waals surface area (Å²) >= 11 is 8.06. The third kappa shape index (κ3) is 2.69. The first-order valence-electron chi connectivity index (χ1n) is 5.04. The quantitative estimate of drug-likeness (QED) is 0.658. The van der Waals surface area contributed by atoms with Gasteiger partial charge >= 0.3 is 0 Å². The molecule has 0 nitrogen and oxygen atoms in total. The van der Waals surface area contributed by atoms with Crippen molar-refractivity contribution in [2.75, 3.05) is 0 Å². The fourth-order valence-electron chi connectivity index (χ4n) is 1.62. The van der Waals surface area contributed by atoms with Crippen LogP contribution in [-0.4, -0.2) is 0 Å². The lowest BCUT2D eigenvalue weighted by atomic mass is 9.99. The largest absolute Gasteiger partial charge is 0.206 e. The molecule has 17 heavy (non-hydrogen) atoms. The van der Waals surface area contributed by atoms with Crippen molar-refractivity contribution in [1.29, 1.82) is 0 Å². The predicted molar refractivity (Wildman–Crippen MR) is 78.5 cm³/mol. The summed E-state index contributed by atoms with van der Waals surface area (Å²) in [7, 11) is 0. The Morgan fingerprint density at radius 1 is 1.00 bits per heavy atom. The van der Waals surface area contributed by atoms with E-state index in [-0.39, 0.29) is 5.82 Å². The lowest BCUT2D eigenvalue weighted by Gasteiger charge is -2.10. The van der Waals surface area contributed by atoms with Crippen LogP contribution in [0.4, 0.5) is 4.39 Å². The molecule has 0 aliphatic carbocycles. The molecule has 3 heteroatoms. The first-order valence-corrected chi connectivity index (χ1v) is 6.55. The van der Waals surface area contributed by atoms with Gasteiger partial charge in [0.15, 0.2) is 0 Å². The molecular formula is C14H9ClFI. The number of rotatable bonds is 2. The number of hydrogen-bond donors (Lipinski definition) is 0. The molecule has 0 saturated heterocycles. The zero-order valence-corrected chi connectivity index (χ0v) is 11.7. The summed E-state index contributed by atoms with van der Waals surface area (Å²) in [6.45, 7) is 0. The van der Waals surface area contributed by atoms with Gasteiger partial charge in [0.25, 0.3) is 0 Å². The van der Waals surface area contributed by atoms with Crippen LogP contribution < -0.4 is 0 Å². The third-order valence-electron chi connectivity index (χ3n) is 2.44. The number of halogens is 3. The van der Waals surface area contributed by atoms with Gasteiger partial charge in [-0.05, 0) is 40.3 Å². The van der Waals surface area contributed by atoms with Crippen molar-refractivity contribution in [2.24, 2.45) is 0 Å². The molecule has 86 valence electrons. The Kier molecular flexibility index (Phi) is 4.18. The standard InChI is InChI=1S/C14H9ClFI/c15-9-12(10-5-1-3-7-13(10)16)11-6-2-4-8-14(11)17/h1-9H. The van der Waals surface area contributed by atoms with E-state index in [1.807, 2.05) is 24.3 Å². The Bertz CT molecular complexity index is 516. The van der Waals surface area contributed by atoms with Crippen molar-refractivity contribution in [3.05, 3.63) is 74.6 Å². The average molecular weight is 359 g/mol. The van der Waals surface area contributed by atoms with Crippen molar-refractivity contribution in [2.45, 2.75) is 0 Å². The summed E-state index contributed by atoms with van der Waals surface area (Å²) < 4.78 is 14.8. The van der Waals surface area contributed by atoms with Gasteiger partial charge in [0.05, 0.1) is 0 Å². The molecule has 0 atom stereocenters. The molecule has 2 aromatic rings. The van der Waals surface area contributed by atoms with Gasteiger partial charge in [-0.2, -0.15) is 0 Å². The van der Waals surface area contributed by atoms with Gasteiger partial charge in [-0.15, -0.1) is 0 Å².